The lowest BCUT2D eigenvalue weighted by atomic mass is 9.75. The van der Waals surface area contributed by atoms with Gasteiger partial charge in [-0.2, -0.15) is 0 Å². The largest absolute Gasteiger partial charge is 0.299 e. The van der Waals surface area contributed by atoms with Gasteiger partial charge in [-0.25, -0.2) is 0 Å². The van der Waals surface area contributed by atoms with E-state index in [1.807, 2.05) is 0 Å². The maximum Gasteiger partial charge on any atom is 0.137 e. The van der Waals surface area contributed by atoms with Crippen LogP contribution in [0.2, 0.25) is 0 Å². The quantitative estimate of drug-likeness (QED) is 0.563. The molecule has 3 unspecified atom stereocenters. The van der Waals surface area contributed by atoms with E-state index < -0.39 is 0 Å². The highest BCUT2D eigenvalue weighted by Crippen LogP contribution is 2.58. The Morgan fingerprint density at radius 1 is 1.29 bits per heavy atom. The zero-order chi connectivity index (χ0) is 10.4. The second-order valence-electron chi connectivity index (χ2n) is 5.87. The monoisotopic (exact) mass is 212 g/mol. The Bertz CT molecular complexity index is 259. The molecule has 0 radical (unpaired) electrons. The smallest absolute Gasteiger partial charge is 0.137 e. The summed E-state index contributed by atoms with van der Waals surface area (Å²) in [6.45, 7) is 6.88. The molecule has 80 valence electrons. The number of fused-ring (bicyclic) bond motifs is 1. The van der Waals surface area contributed by atoms with Crippen molar-refractivity contribution in [2.75, 3.05) is 0 Å². The molecule has 0 bridgehead atoms. The summed E-state index contributed by atoms with van der Waals surface area (Å²) < 4.78 is 0. The van der Waals surface area contributed by atoms with Gasteiger partial charge in [-0.15, -0.1) is 8.58 Å². The summed E-state index contributed by atoms with van der Waals surface area (Å²) in [5, 5.41) is 0.636. The maximum absolute atomic E-state index is 12.1. The number of hydrogen-bond acceptors (Lipinski definition) is 1. The fourth-order valence-corrected chi connectivity index (χ4v) is 5.97. The first kappa shape index (κ1) is 10.6. The van der Waals surface area contributed by atoms with Gasteiger partial charge in [-0.1, -0.05) is 33.6 Å². The lowest BCUT2D eigenvalue weighted by molar-refractivity contribution is -0.125. The number of hydrogen-bond donors (Lipinski definition) is 0. The summed E-state index contributed by atoms with van der Waals surface area (Å²) in [5.41, 5.74) is 0. The molecule has 2 heteroatoms. The van der Waals surface area contributed by atoms with E-state index in [0.717, 1.165) is 15.0 Å². The van der Waals surface area contributed by atoms with Crippen LogP contribution in [0.4, 0.5) is 0 Å². The Morgan fingerprint density at radius 2 is 2.00 bits per heavy atom. The Kier molecular flexibility index (Phi) is 2.50. The SMILES string of the molecule is CC1(C)CC(=O)C2CCCCC2(C)P1. The molecule has 1 aliphatic carbocycles. The number of ketones is 1. The number of Topliss-reactive ketones (excluding diaryl/α,β-unsaturated/α-hetero) is 1. The van der Waals surface area contributed by atoms with Crippen LogP contribution >= 0.6 is 8.58 Å². The molecule has 14 heavy (non-hydrogen) atoms. The molecule has 2 fully saturated rings. The topological polar surface area (TPSA) is 17.1 Å². The summed E-state index contributed by atoms with van der Waals surface area (Å²) in [6.07, 6.45) is 5.88. The van der Waals surface area contributed by atoms with Crippen molar-refractivity contribution in [3.05, 3.63) is 0 Å². The fourth-order valence-electron chi connectivity index (χ4n) is 3.38. The van der Waals surface area contributed by atoms with Gasteiger partial charge in [0.05, 0.1) is 0 Å². The van der Waals surface area contributed by atoms with E-state index in [1.165, 1.54) is 25.7 Å². The van der Waals surface area contributed by atoms with Crippen LogP contribution in [0.25, 0.3) is 0 Å². The van der Waals surface area contributed by atoms with Crippen molar-refractivity contribution in [3.63, 3.8) is 0 Å². The molecule has 0 N–H and O–H groups in total. The van der Waals surface area contributed by atoms with Crippen LogP contribution in [-0.4, -0.2) is 16.1 Å². The molecule has 2 aliphatic rings. The standard InChI is InChI=1S/C12H21OP/c1-11(2)8-10(13)9-6-4-5-7-12(9,3)14-11/h9,14H,4-8H2,1-3H3. The van der Waals surface area contributed by atoms with Gasteiger partial charge in [-0.05, 0) is 23.2 Å². The number of carbonyl (C=O) groups excluding carboxylic acids is 1. The zero-order valence-corrected chi connectivity index (χ0v) is 10.5. The van der Waals surface area contributed by atoms with E-state index in [1.54, 1.807) is 0 Å². The molecule has 1 heterocycles. The summed E-state index contributed by atoms with van der Waals surface area (Å²) in [4.78, 5) is 12.1. The van der Waals surface area contributed by atoms with Crippen LogP contribution in [0.1, 0.15) is 52.9 Å². The van der Waals surface area contributed by atoms with E-state index in [2.05, 4.69) is 20.8 Å². The van der Waals surface area contributed by atoms with Crippen LogP contribution in [-0.2, 0) is 4.79 Å². The van der Waals surface area contributed by atoms with Gasteiger partial charge in [-0.3, -0.25) is 4.79 Å². The minimum Gasteiger partial charge on any atom is -0.299 e. The van der Waals surface area contributed by atoms with Gasteiger partial charge >= 0.3 is 0 Å². The average molecular weight is 212 g/mol. The van der Waals surface area contributed by atoms with Crippen LogP contribution in [0.5, 0.6) is 0 Å². The third-order valence-corrected chi connectivity index (χ3v) is 5.86. The van der Waals surface area contributed by atoms with Gasteiger partial charge in [0.25, 0.3) is 0 Å². The van der Waals surface area contributed by atoms with Gasteiger partial charge < -0.3 is 0 Å². The minimum atomic E-state index is 0.277. The van der Waals surface area contributed by atoms with E-state index in [0.29, 0.717) is 16.9 Å². The van der Waals surface area contributed by atoms with Gasteiger partial charge in [0.15, 0.2) is 0 Å². The molecule has 0 aromatic rings. The average Bonchev–Trinajstić information content (AvgIpc) is 1.99. The summed E-state index contributed by atoms with van der Waals surface area (Å²) >= 11 is 0. The van der Waals surface area contributed by atoms with Gasteiger partial charge in [0.1, 0.15) is 5.78 Å². The van der Waals surface area contributed by atoms with Crippen LogP contribution < -0.4 is 0 Å². The first-order valence-electron chi connectivity index (χ1n) is 5.75. The predicted octanol–water partition coefficient (Wildman–Crippen LogP) is 3.37. The summed E-state index contributed by atoms with van der Waals surface area (Å²) in [5.74, 6) is 0.957. The molecule has 1 nitrogen and oxygen atoms in total. The van der Waals surface area contributed by atoms with E-state index >= 15 is 0 Å². The highest BCUT2D eigenvalue weighted by atomic mass is 31.1. The fraction of sp³-hybridized carbons (Fsp3) is 0.917. The Morgan fingerprint density at radius 3 is 2.71 bits per heavy atom. The Hall–Kier alpha value is 0.100. The van der Waals surface area contributed by atoms with Crippen LogP contribution in [0, 0.1) is 5.92 Å². The van der Waals surface area contributed by atoms with Crippen molar-refractivity contribution in [1.82, 2.24) is 0 Å². The van der Waals surface area contributed by atoms with E-state index in [9.17, 15) is 4.79 Å². The van der Waals surface area contributed by atoms with Crippen molar-refractivity contribution < 1.29 is 4.79 Å². The molecular formula is C12H21OP. The van der Waals surface area contributed by atoms with Gasteiger partial charge in [0.2, 0.25) is 0 Å². The van der Waals surface area contributed by atoms with Crippen molar-refractivity contribution in [2.45, 2.75) is 63.2 Å². The second kappa shape index (κ2) is 3.30. The maximum atomic E-state index is 12.1. The third kappa shape index (κ3) is 1.76. The highest BCUT2D eigenvalue weighted by molar-refractivity contribution is 7.42. The lowest BCUT2D eigenvalue weighted by Gasteiger charge is -2.50. The third-order valence-electron chi connectivity index (χ3n) is 3.84. The first-order chi connectivity index (χ1) is 6.43. The van der Waals surface area contributed by atoms with Crippen molar-refractivity contribution >= 4 is 14.4 Å². The second-order valence-corrected chi connectivity index (χ2v) is 8.61. The molecule has 3 atom stereocenters. The molecule has 0 aromatic carbocycles. The number of carbonyl (C=O) groups is 1. The Balaban J connectivity index is 2.25. The zero-order valence-electron chi connectivity index (χ0n) is 9.52. The molecule has 0 spiro atoms. The van der Waals surface area contributed by atoms with E-state index in [-0.39, 0.29) is 5.16 Å². The van der Waals surface area contributed by atoms with Crippen LogP contribution in [0.3, 0.4) is 0 Å². The molecule has 0 aromatic heterocycles. The van der Waals surface area contributed by atoms with E-state index in [4.69, 9.17) is 0 Å². The molecule has 1 aliphatic heterocycles. The lowest BCUT2D eigenvalue weighted by Crippen LogP contribution is -2.47. The van der Waals surface area contributed by atoms with Gasteiger partial charge in [0, 0.05) is 12.3 Å². The highest BCUT2D eigenvalue weighted by Gasteiger charge is 2.48. The molecule has 2 rings (SSSR count). The van der Waals surface area contributed by atoms with Crippen molar-refractivity contribution in [3.8, 4) is 0 Å². The number of rotatable bonds is 0. The molecular weight excluding hydrogens is 191 g/mol. The minimum absolute atomic E-state index is 0.277. The van der Waals surface area contributed by atoms with Crippen molar-refractivity contribution in [2.24, 2.45) is 5.92 Å². The molecule has 1 saturated carbocycles. The summed E-state index contributed by atoms with van der Waals surface area (Å²) in [7, 11) is 0.976. The Labute approximate surface area is 88.8 Å². The molecule has 1 saturated heterocycles. The first-order valence-corrected chi connectivity index (χ1v) is 6.75. The molecule has 0 amide bonds. The summed E-state index contributed by atoms with van der Waals surface area (Å²) in [6, 6.07) is 0. The van der Waals surface area contributed by atoms with Crippen molar-refractivity contribution in [1.29, 1.82) is 0 Å². The normalized spacial score (nSPS) is 43.6. The predicted molar refractivity (Wildman–Crippen MR) is 62.4 cm³/mol. The van der Waals surface area contributed by atoms with Crippen LogP contribution in [0.15, 0.2) is 0 Å².